The Labute approximate surface area is 202 Å². The highest BCUT2D eigenvalue weighted by Gasteiger charge is 2.12. The smallest absolute Gasteiger partial charge is 0.255 e. The monoisotopic (exact) mass is 464 g/mol. The first kappa shape index (κ1) is 21.6. The molecule has 1 amide bonds. The first-order valence-electron chi connectivity index (χ1n) is 10.8. The highest BCUT2D eigenvalue weighted by molar-refractivity contribution is 6.31. The summed E-state index contributed by atoms with van der Waals surface area (Å²) in [6.45, 7) is 1.96. The van der Waals surface area contributed by atoms with Crippen LogP contribution in [0.4, 0.5) is 17.3 Å². The molecule has 0 fully saturated rings. The summed E-state index contributed by atoms with van der Waals surface area (Å²) in [4.78, 5) is 22.1. The number of hydrogen-bond donors (Lipinski definition) is 2. The van der Waals surface area contributed by atoms with Gasteiger partial charge in [0, 0.05) is 32.9 Å². The second-order valence-electron chi connectivity index (χ2n) is 7.89. The average Bonchev–Trinajstić information content (AvgIpc) is 2.86. The maximum atomic E-state index is 12.6. The molecule has 0 bridgehead atoms. The zero-order valence-corrected chi connectivity index (χ0v) is 19.2. The Morgan fingerprint density at radius 2 is 1.56 bits per heavy atom. The molecule has 166 valence electrons. The van der Waals surface area contributed by atoms with Crippen molar-refractivity contribution >= 4 is 45.7 Å². The molecule has 5 aromatic rings. The SMILES string of the molecule is Cc1ccccc1NC(=O)c1ccc(Nc2nc(-c3ccccc3)c3cc(Cl)ccc3n2)cc1. The van der Waals surface area contributed by atoms with E-state index in [0.29, 0.717) is 16.5 Å². The number of carbonyl (C=O) groups is 1. The molecule has 0 saturated heterocycles. The summed E-state index contributed by atoms with van der Waals surface area (Å²) in [5.41, 5.74) is 5.71. The van der Waals surface area contributed by atoms with E-state index in [1.165, 1.54) is 0 Å². The number of carbonyl (C=O) groups excluding carboxylic acids is 1. The zero-order chi connectivity index (χ0) is 23.5. The van der Waals surface area contributed by atoms with E-state index in [0.717, 1.165) is 39.1 Å². The zero-order valence-electron chi connectivity index (χ0n) is 18.4. The third-order valence-electron chi connectivity index (χ3n) is 5.50. The van der Waals surface area contributed by atoms with E-state index in [-0.39, 0.29) is 5.91 Å². The largest absolute Gasteiger partial charge is 0.324 e. The number of aromatic nitrogens is 2. The maximum absolute atomic E-state index is 12.6. The van der Waals surface area contributed by atoms with Gasteiger partial charge in [-0.3, -0.25) is 4.79 Å². The molecule has 0 aliphatic heterocycles. The van der Waals surface area contributed by atoms with Crippen LogP contribution in [0.3, 0.4) is 0 Å². The van der Waals surface area contributed by atoms with Crippen molar-refractivity contribution in [3.63, 3.8) is 0 Å². The van der Waals surface area contributed by atoms with Gasteiger partial charge in [-0.25, -0.2) is 9.97 Å². The van der Waals surface area contributed by atoms with E-state index >= 15 is 0 Å². The number of nitrogens with one attached hydrogen (secondary N) is 2. The molecule has 1 aromatic heterocycles. The predicted octanol–water partition coefficient (Wildman–Crippen LogP) is 7.25. The van der Waals surface area contributed by atoms with E-state index in [1.807, 2.05) is 91.9 Å². The second kappa shape index (κ2) is 9.33. The fourth-order valence-corrected chi connectivity index (χ4v) is 3.89. The van der Waals surface area contributed by atoms with Crippen molar-refractivity contribution in [1.29, 1.82) is 0 Å². The summed E-state index contributed by atoms with van der Waals surface area (Å²) < 4.78 is 0. The molecular weight excluding hydrogens is 444 g/mol. The van der Waals surface area contributed by atoms with Gasteiger partial charge in [-0.1, -0.05) is 60.1 Å². The summed E-state index contributed by atoms with van der Waals surface area (Å²) >= 11 is 6.24. The molecule has 5 rings (SSSR count). The lowest BCUT2D eigenvalue weighted by Gasteiger charge is -2.12. The van der Waals surface area contributed by atoms with Gasteiger partial charge in [0.05, 0.1) is 11.2 Å². The van der Waals surface area contributed by atoms with Gasteiger partial charge in [0.25, 0.3) is 5.91 Å². The molecule has 6 heteroatoms. The van der Waals surface area contributed by atoms with Gasteiger partial charge in [0.2, 0.25) is 5.95 Å². The highest BCUT2D eigenvalue weighted by atomic mass is 35.5. The standard InChI is InChI=1S/C28H21ClN4O/c1-18-7-5-6-10-24(18)31-27(34)20-11-14-22(15-12-20)30-28-32-25-16-13-21(29)17-23(25)26(33-28)19-8-3-2-4-9-19/h2-17H,1H3,(H,31,34)(H,30,32,33). The summed E-state index contributed by atoms with van der Waals surface area (Å²) in [5.74, 6) is 0.303. The van der Waals surface area contributed by atoms with Crippen LogP contribution in [-0.2, 0) is 0 Å². The molecule has 0 aliphatic rings. The Kier molecular flexibility index (Phi) is 5.93. The van der Waals surface area contributed by atoms with Crippen LogP contribution in [-0.4, -0.2) is 15.9 Å². The number of anilines is 3. The van der Waals surface area contributed by atoms with E-state index in [2.05, 4.69) is 15.6 Å². The molecular formula is C28H21ClN4O. The van der Waals surface area contributed by atoms with Gasteiger partial charge >= 0.3 is 0 Å². The number of para-hydroxylation sites is 1. The lowest BCUT2D eigenvalue weighted by atomic mass is 10.1. The van der Waals surface area contributed by atoms with E-state index in [1.54, 1.807) is 12.1 Å². The molecule has 4 aromatic carbocycles. The van der Waals surface area contributed by atoms with Crippen LogP contribution in [0.25, 0.3) is 22.2 Å². The van der Waals surface area contributed by atoms with Crippen molar-refractivity contribution in [3.8, 4) is 11.3 Å². The van der Waals surface area contributed by atoms with Gasteiger partial charge in [0.15, 0.2) is 0 Å². The van der Waals surface area contributed by atoms with Crippen LogP contribution in [0.5, 0.6) is 0 Å². The van der Waals surface area contributed by atoms with Crippen LogP contribution in [0.2, 0.25) is 5.02 Å². The number of hydrogen-bond acceptors (Lipinski definition) is 4. The first-order chi connectivity index (χ1) is 16.6. The van der Waals surface area contributed by atoms with Gasteiger partial charge in [0.1, 0.15) is 0 Å². The fraction of sp³-hybridized carbons (Fsp3) is 0.0357. The number of amides is 1. The van der Waals surface area contributed by atoms with Crippen LogP contribution in [0, 0.1) is 6.92 Å². The summed E-state index contributed by atoms with van der Waals surface area (Å²) in [7, 11) is 0. The van der Waals surface area contributed by atoms with Gasteiger partial charge in [-0.05, 0) is 61.0 Å². The van der Waals surface area contributed by atoms with E-state index in [4.69, 9.17) is 16.6 Å². The lowest BCUT2D eigenvalue weighted by molar-refractivity contribution is 0.102. The molecule has 34 heavy (non-hydrogen) atoms. The van der Waals surface area contributed by atoms with Crippen molar-refractivity contribution in [3.05, 3.63) is 113 Å². The number of nitrogens with zero attached hydrogens (tertiary/aromatic N) is 2. The third-order valence-corrected chi connectivity index (χ3v) is 5.74. The fourth-order valence-electron chi connectivity index (χ4n) is 3.71. The summed E-state index contributed by atoms with van der Waals surface area (Å²) in [5, 5.41) is 7.72. The predicted molar refractivity (Wildman–Crippen MR) is 139 cm³/mol. The Balaban J connectivity index is 1.42. The Morgan fingerprint density at radius 1 is 0.824 bits per heavy atom. The highest BCUT2D eigenvalue weighted by Crippen LogP contribution is 2.30. The molecule has 0 aliphatic carbocycles. The van der Waals surface area contributed by atoms with Gasteiger partial charge in [-0.15, -0.1) is 0 Å². The normalized spacial score (nSPS) is 10.8. The Bertz CT molecular complexity index is 1480. The minimum atomic E-state index is -0.161. The van der Waals surface area contributed by atoms with Gasteiger partial charge in [-0.2, -0.15) is 0 Å². The Morgan fingerprint density at radius 3 is 2.32 bits per heavy atom. The van der Waals surface area contributed by atoms with E-state index in [9.17, 15) is 4.79 Å². The van der Waals surface area contributed by atoms with Crippen molar-refractivity contribution in [2.75, 3.05) is 10.6 Å². The molecule has 1 heterocycles. The summed E-state index contributed by atoms with van der Waals surface area (Å²) in [6.07, 6.45) is 0. The number of halogens is 1. The topological polar surface area (TPSA) is 66.9 Å². The molecule has 0 saturated carbocycles. The summed E-state index contributed by atoms with van der Waals surface area (Å²) in [6, 6.07) is 30.4. The number of fused-ring (bicyclic) bond motifs is 1. The first-order valence-corrected chi connectivity index (χ1v) is 11.2. The van der Waals surface area contributed by atoms with Crippen molar-refractivity contribution in [2.45, 2.75) is 6.92 Å². The van der Waals surface area contributed by atoms with Crippen LogP contribution >= 0.6 is 11.6 Å². The maximum Gasteiger partial charge on any atom is 0.255 e. The van der Waals surface area contributed by atoms with Crippen molar-refractivity contribution in [2.24, 2.45) is 0 Å². The average molecular weight is 465 g/mol. The minimum absolute atomic E-state index is 0.161. The van der Waals surface area contributed by atoms with Crippen LogP contribution < -0.4 is 10.6 Å². The third kappa shape index (κ3) is 4.60. The quantitative estimate of drug-likeness (QED) is 0.287. The van der Waals surface area contributed by atoms with E-state index < -0.39 is 0 Å². The number of aryl methyl sites for hydroxylation is 1. The minimum Gasteiger partial charge on any atom is -0.324 e. The second-order valence-corrected chi connectivity index (χ2v) is 8.33. The van der Waals surface area contributed by atoms with Crippen molar-refractivity contribution < 1.29 is 4.79 Å². The van der Waals surface area contributed by atoms with Gasteiger partial charge < -0.3 is 10.6 Å². The van der Waals surface area contributed by atoms with Crippen molar-refractivity contribution in [1.82, 2.24) is 9.97 Å². The number of benzene rings is 4. The molecule has 0 radical (unpaired) electrons. The molecule has 0 unspecified atom stereocenters. The molecule has 2 N–H and O–H groups in total. The number of rotatable bonds is 5. The van der Waals surface area contributed by atoms with Crippen LogP contribution in [0.15, 0.2) is 97.1 Å². The molecule has 0 atom stereocenters. The molecule has 0 spiro atoms. The lowest BCUT2D eigenvalue weighted by Crippen LogP contribution is -2.12. The molecule has 5 nitrogen and oxygen atoms in total. The van der Waals surface area contributed by atoms with Crippen LogP contribution in [0.1, 0.15) is 15.9 Å². The Hall–Kier alpha value is -4.22.